The smallest absolute Gasteiger partial charge is 0.305 e. The van der Waals surface area contributed by atoms with Gasteiger partial charge in [-0.3, -0.25) is 9.69 Å². The summed E-state index contributed by atoms with van der Waals surface area (Å²) in [5.74, 6) is 1.97. The van der Waals surface area contributed by atoms with Crippen LogP contribution < -0.4 is 4.90 Å². The first-order valence-electron chi connectivity index (χ1n) is 10.8. The zero-order chi connectivity index (χ0) is 21.3. The fourth-order valence-corrected chi connectivity index (χ4v) is 4.40. The van der Waals surface area contributed by atoms with Crippen molar-refractivity contribution in [2.24, 2.45) is 7.05 Å². The first-order chi connectivity index (χ1) is 14.6. The van der Waals surface area contributed by atoms with Crippen molar-refractivity contribution in [3.63, 3.8) is 0 Å². The van der Waals surface area contributed by atoms with E-state index in [1.807, 2.05) is 7.05 Å². The minimum Gasteiger partial charge on any atom is -0.464 e. The number of carbonyl (C=O) groups is 1. The van der Waals surface area contributed by atoms with Crippen LogP contribution in [0.4, 0.5) is 5.69 Å². The number of benzene rings is 1. The Balaban J connectivity index is 1.51. The average Bonchev–Trinajstić information content (AvgIpc) is 3.36. The Morgan fingerprint density at radius 1 is 1.20 bits per heavy atom. The van der Waals surface area contributed by atoms with E-state index in [-0.39, 0.29) is 5.97 Å². The number of rotatable bonds is 12. The maximum atomic E-state index is 12.0. The largest absolute Gasteiger partial charge is 0.464 e. The van der Waals surface area contributed by atoms with Crippen LogP contribution in [-0.2, 0) is 23.0 Å². The molecule has 0 amide bonds. The number of hydrogen-bond donors (Lipinski definition) is 0. The van der Waals surface area contributed by atoms with Crippen LogP contribution in [0.25, 0.3) is 11.0 Å². The molecule has 8 heteroatoms. The number of aromatic nitrogens is 2. The Labute approximate surface area is 189 Å². The van der Waals surface area contributed by atoms with Gasteiger partial charge in [-0.05, 0) is 50.6 Å². The number of fused-ring (bicyclic) bond motifs is 1. The lowest BCUT2D eigenvalue weighted by Crippen LogP contribution is -2.27. The summed E-state index contributed by atoms with van der Waals surface area (Å²) in [5, 5.41) is 0. The lowest BCUT2D eigenvalue weighted by molar-refractivity contribution is -0.144. The molecular formula is C22H32Cl2N4O2. The van der Waals surface area contributed by atoms with Gasteiger partial charge in [0.1, 0.15) is 12.4 Å². The molecule has 0 N–H and O–H groups in total. The second kappa shape index (κ2) is 11.8. The molecule has 1 aromatic heterocycles. The number of halogens is 2. The van der Waals surface area contributed by atoms with Gasteiger partial charge in [0.05, 0.1) is 11.0 Å². The number of nitrogens with zero attached hydrogens (tertiary/aromatic N) is 4. The number of aryl methyl sites for hydroxylation is 2. The number of hydrogen-bond acceptors (Lipinski definition) is 5. The summed E-state index contributed by atoms with van der Waals surface area (Å²) in [5.41, 5.74) is 3.11. The second-order valence-corrected chi connectivity index (χ2v) is 8.50. The highest BCUT2D eigenvalue weighted by molar-refractivity contribution is 6.18. The molecular weight excluding hydrogens is 423 g/mol. The van der Waals surface area contributed by atoms with E-state index in [4.69, 9.17) is 32.9 Å². The van der Waals surface area contributed by atoms with Gasteiger partial charge in [0.15, 0.2) is 0 Å². The second-order valence-electron chi connectivity index (χ2n) is 7.75. The summed E-state index contributed by atoms with van der Waals surface area (Å²) in [6.45, 7) is 5.10. The molecule has 0 bridgehead atoms. The van der Waals surface area contributed by atoms with Gasteiger partial charge in [-0.15, -0.1) is 23.2 Å². The van der Waals surface area contributed by atoms with Gasteiger partial charge in [0.2, 0.25) is 0 Å². The molecule has 0 spiro atoms. The lowest BCUT2D eigenvalue weighted by Gasteiger charge is -2.22. The standard InChI is InChI=1S/C22H32Cl2N4O2/c1-26-20-8-7-18(28(13-9-23)14-10-24)17-19(20)25-21(26)5-4-6-22(29)30-16-15-27-11-2-3-12-27/h7-8,17H,2-6,9-16H2,1H3. The van der Waals surface area contributed by atoms with Gasteiger partial charge in [0, 0.05) is 57.0 Å². The fourth-order valence-electron chi connectivity index (χ4n) is 3.99. The highest BCUT2D eigenvalue weighted by Gasteiger charge is 2.14. The van der Waals surface area contributed by atoms with E-state index < -0.39 is 0 Å². The summed E-state index contributed by atoms with van der Waals surface area (Å²) < 4.78 is 7.49. The van der Waals surface area contributed by atoms with Gasteiger partial charge in [-0.25, -0.2) is 4.98 Å². The van der Waals surface area contributed by atoms with Crippen molar-refractivity contribution in [1.82, 2.24) is 14.5 Å². The fraction of sp³-hybridized carbons (Fsp3) is 0.636. The van der Waals surface area contributed by atoms with E-state index in [2.05, 4.69) is 32.6 Å². The minimum atomic E-state index is -0.118. The third kappa shape index (κ3) is 6.25. The van der Waals surface area contributed by atoms with Gasteiger partial charge >= 0.3 is 5.97 Å². The molecule has 0 radical (unpaired) electrons. The van der Waals surface area contributed by atoms with Gasteiger partial charge in [-0.2, -0.15) is 0 Å². The summed E-state index contributed by atoms with van der Waals surface area (Å²) in [6.07, 6.45) is 4.41. The van der Waals surface area contributed by atoms with Crippen molar-refractivity contribution >= 4 is 45.9 Å². The van der Waals surface area contributed by atoms with Crippen molar-refractivity contribution in [3.8, 4) is 0 Å². The number of esters is 1. The maximum absolute atomic E-state index is 12.0. The van der Waals surface area contributed by atoms with Gasteiger partial charge < -0.3 is 14.2 Å². The van der Waals surface area contributed by atoms with E-state index in [1.54, 1.807) is 0 Å². The third-order valence-electron chi connectivity index (χ3n) is 5.68. The first-order valence-corrected chi connectivity index (χ1v) is 11.9. The molecule has 0 aliphatic carbocycles. The van der Waals surface area contributed by atoms with Crippen molar-refractivity contribution in [3.05, 3.63) is 24.0 Å². The molecule has 0 saturated carbocycles. The van der Waals surface area contributed by atoms with Crippen molar-refractivity contribution in [1.29, 1.82) is 0 Å². The molecule has 1 aromatic carbocycles. The summed E-state index contributed by atoms with van der Waals surface area (Å²) in [7, 11) is 2.02. The predicted molar refractivity (Wildman–Crippen MR) is 124 cm³/mol. The van der Waals surface area contributed by atoms with Crippen molar-refractivity contribution < 1.29 is 9.53 Å². The van der Waals surface area contributed by atoms with Crippen molar-refractivity contribution in [2.45, 2.75) is 32.1 Å². The van der Waals surface area contributed by atoms with Crippen LogP contribution in [0.2, 0.25) is 0 Å². The van der Waals surface area contributed by atoms with E-state index in [0.29, 0.717) is 24.8 Å². The molecule has 1 aliphatic heterocycles. The molecule has 1 saturated heterocycles. The topological polar surface area (TPSA) is 50.6 Å². The van der Waals surface area contributed by atoms with Crippen LogP contribution in [0.3, 0.4) is 0 Å². The first kappa shape index (κ1) is 23.2. The zero-order valence-corrected chi connectivity index (χ0v) is 19.3. The van der Waals surface area contributed by atoms with E-state index in [9.17, 15) is 4.79 Å². The number of carbonyl (C=O) groups excluding carboxylic acids is 1. The number of anilines is 1. The Morgan fingerprint density at radius 2 is 1.93 bits per heavy atom. The average molecular weight is 455 g/mol. The van der Waals surface area contributed by atoms with Gasteiger partial charge in [0.25, 0.3) is 0 Å². The Kier molecular flexibility index (Phi) is 9.09. The molecule has 0 unspecified atom stereocenters. The SMILES string of the molecule is Cn1c(CCCC(=O)OCCN2CCCC2)nc2cc(N(CCCl)CCCl)ccc21. The summed E-state index contributed by atoms with van der Waals surface area (Å²) >= 11 is 11.9. The zero-order valence-electron chi connectivity index (χ0n) is 17.8. The predicted octanol–water partition coefficient (Wildman–Crippen LogP) is 3.82. The molecule has 3 rings (SSSR count). The normalized spacial score (nSPS) is 14.5. The summed E-state index contributed by atoms with van der Waals surface area (Å²) in [6, 6.07) is 6.26. The highest BCUT2D eigenvalue weighted by atomic mass is 35.5. The Morgan fingerprint density at radius 3 is 2.63 bits per heavy atom. The van der Waals surface area contributed by atoms with Crippen LogP contribution in [-0.4, -0.2) is 71.5 Å². The molecule has 0 atom stereocenters. The van der Waals surface area contributed by atoms with Crippen LogP contribution in [0, 0.1) is 0 Å². The quantitative estimate of drug-likeness (QED) is 0.360. The molecule has 1 fully saturated rings. The Bertz CT molecular complexity index is 815. The van der Waals surface area contributed by atoms with Gasteiger partial charge in [-0.1, -0.05) is 0 Å². The number of imidazole rings is 1. The highest BCUT2D eigenvalue weighted by Crippen LogP contribution is 2.23. The number of likely N-dealkylation sites (tertiary alicyclic amines) is 1. The van der Waals surface area contributed by atoms with E-state index >= 15 is 0 Å². The number of alkyl halides is 2. The number of ether oxygens (including phenoxy) is 1. The molecule has 1 aliphatic rings. The molecule has 166 valence electrons. The lowest BCUT2D eigenvalue weighted by atomic mass is 10.2. The monoisotopic (exact) mass is 454 g/mol. The third-order valence-corrected chi connectivity index (χ3v) is 6.02. The molecule has 2 aromatic rings. The van der Waals surface area contributed by atoms with Crippen LogP contribution >= 0.6 is 23.2 Å². The maximum Gasteiger partial charge on any atom is 0.305 e. The minimum absolute atomic E-state index is 0.118. The molecule has 30 heavy (non-hydrogen) atoms. The summed E-state index contributed by atoms with van der Waals surface area (Å²) in [4.78, 5) is 21.3. The Hall–Kier alpha value is -1.50. The van der Waals surface area contributed by atoms with Crippen LogP contribution in [0.15, 0.2) is 18.2 Å². The van der Waals surface area contributed by atoms with Crippen LogP contribution in [0.5, 0.6) is 0 Å². The van der Waals surface area contributed by atoms with Crippen LogP contribution in [0.1, 0.15) is 31.5 Å². The molecule has 6 nitrogen and oxygen atoms in total. The van der Waals surface area contributed by atoms with Crippen molar-refractivity contribution in [2.75, 3.05) is 56.0 Å². The molecule has 2 heterocycles. The van der Waals surface area contributed by atoms with E-state index in [1.165, 1.54) is 12.8 Å². The van der Waals surface area contributed by atoms with E-state index in [0.717, 1.165) is 68.1 Å².